The van der Waals surface area contributed by atoms with Crippen molar-refractivity contribution in [2.75, 3.05) is 12.8 Å². The van der Waals surface area contributed by atoms with Crippen molar-refractivity contribution < 1.29 is 17.9 Å². The number of alkyl halides is 3. The Morgan fingerprint density at radius 1 is 0.947 bits per heavy atom. The molecule has 5 heteroatoms. The maximum absolute atomic E-state index is 12.4. The number of hydrogen-bond donors (Lipinski definition) is 1. The van der Waals surface area contributed by atoms with Gasteiger partial charge in [-0.25, -0.2) is 0 Å². The van der Waals surface area contributed by atoms with E-state index >= 15 is 0 Å². The largest absolute Gasteiger partial charge is 0.495 e. The molecule has 0 radical (unpaired) electrons. The molecule has 2 N–H and O–H groups in total. The van der Waals surface area contributed by atoms with Gasteiger partial charge in [0, 0.05) is 0 Å². The maximum atomic E-state index is 12.4. The molecular weight excluding hydrogens is 255 g/mol. The predicted molar refractivity (Wildman–Crippen MR) is 67.8 cm³/mol. The van der Waals surface area contributed by atoms with Gasteiger partial charge < -0.3 is 10.5 Å². The quantitative estimate of drug-likeness (QED) is 0.836. The Morgan fingerprint density at radius 2 is 1.53 bits per heavy atom. The van der Waals surface area contributed by atoms with Gasteiger partial charge in [0.2, 0.25) is 0 Å². The van der Waals surface area contributed by atoms with Gasteiger partial charge in [-0.15, -0.1) is 0 Å². The zero-order valence-corrected chi connectivity index (χ0v) is 10.2. The number of nitrogen functional groups attached to an aromatic ring is 1. The minimum absolute atomic E-state index is 0.444. The first-order chi connectivity index (χ1) is 8.91. The van der Waals surface area contributed by atoms with E-state index in [1.807, 2.05) is 0 Å². The van der Waals surface area contributed by atoms with Crippen molar-refractivity contribution in [3.05, 3.63) is 48.0 Å². The van der Waals surface area contributed by atoms with Gasteiger partial charge in [0.05, 0.1) is 18.4 Å². The summed E-state index contributed by atoms with van der Waals surface area (Å²) in [4.78, 5) is 0. The van der Waals surface area contributed by atoms with Crippen LogP contribution in [0.3, 0.4) is 0 Å². The molecule has 0 saturated heterocycles. The Morgan fingerprint density at radius 3 is 2.00 bits per heavy atom. The molecule has 0 unspecified atom stereocenters. The van der Waals surface area contributed by atoms with E-state index in [1.54, 1.807) is 18.2 Å². The zero-order chi connectivity index (χ0) is 14.0. The number of rotatable bonds is 2. The first kappa shape index (κ1) is 13.3. The maximum Gasteiger partial charge on any atom is 0.416 e. The molecule has 0 aromatic heterocycles. The van der Waals surface area contributed by atoms with Crippen LogP contribution in [-0.2, 0) is 6.18 Å². The van der Waals surface area contributed by atoms with Gasteiger partial charge in [-0.1, -0.05) is 18.2 Å². The van der Waals surface area contributed by atoms with E-state index in [4.69, 9.17) is 10.5 Å². The Hall–Kier alpha value is -2.17. The molecular formula is C14H12F3NO. The van der Waals surface area contributed by atoms with Crippen molar-refractivity contribution in [1.29, 1.82) is 0 Å². The fourth-order valence-electron chi connectivity index (χ4n) is 1.77. The molecule has 0 fully saturated rings. The Bertz CT molecular complexity index is 576. The van der Waals surface area contributed by atoms with Crippen molar-refractivity contribution in [3.8, 4) is 16.9 Å². The monoisotopic (exact) mass is 267 g/mol. The van der Waals surface area contributed by atoms with E-state index in [1.165, 1.54) is 19.2 Å². The molecule has 0 saturated carbocycles. The number of hydrogen-bond acceptors (Lipinski definition) is 2. The number of halogens is 3. The van der Waals surface area contributed by atoms with E-state index in [0.29, 0.717) is 17.0 Å². The minimum atomic E-state index is -4.32. The SMILES string of the molecule is COc1ccc(-c2ccc(C(F)(F)F)cc2)cc1N. The smallest absolute Gasteiger partial charge is 0.416 e. The van der Waals surface area contributed by atoms with Crippen LogP contribution in [0.2, 0.25) is 0 Å². The summed E-state index contributed by atoms with van der Waals surface area (Å²) < 4.78 is 42.4. The molecule has 0 bridgehead atoms. The molecule has 0 spiro atoms. The number of methoxy groups -OCH3 is 1. The average molecular weight is 267 g/mol. The molecule has 0 aliphatic rings. The number of nitrogens with two attached hydrogens (primary N) is 1. The molecule has 100 valence electrons. The van der Waals surface area contributed by atoms with Gasteiger partial charge in [-0.3, -0.25) is 0 Å². The standard InChI is InChI=1S/C14H12F3NO/c1-19-13-7-4-10(8-12(13)18)9-2-5-11(6-3-9)14(15,16)17/h2-8H,18H2,1H3. The summed E-state index contributed by atoms with van der Waals surface area (Å²) in [7, 11) is 1.50. The first-order valence-corrected chi connectivity index (χ1v) is 5.53. The second-order valence-electron chi connectivity index (χ2n) is 4.03. The summed E-state index contributed by atoms with van der Waals surface area (Å²) in [5.74, 6) is 0.538. The van der Waals surface area contributed by atoms with Crippen LogP contribution >= 0.6 is 0 Å². The van der Waals surface area contributed by atoms with E-state index < -0.39 is 11.7 Å². The van der Waals surface area contributed by atoms with E-state index in [0.717, 1.165) is 17.7 Å². The van der Waals surface area contributed by atoms with Crippen LogP contribution in [0.4, 0.5) is 18.9 Å². The van der Waals surface area contributed by atoms with Gasteiger partial charge in [-0.2, -0.15) is 13.2 Å². The highest BCUT2D eigenvalue weighted by Crippen LogP contribution is 2.32. The van der Waals surface area contributed by atoms with Crippen LogP contribution < -0.4 is 10.5 Å². The summed E-state index contributed by atoms with van der Waals surface area (Å²) in [5.41, 5.74) is 6.95. The molecule has 2 aromatic carbocycles. The number of anilines is 1. The highest BCUT2D eigenvalue weighted by molar-refractivity contribution is 5.70. The zero-order valence-electron chi connectivity index (χ0n) is 10.2. The number of ether oxygens (including phenoxy) is 1. The fourth-order valence-corrected chi connectivity index (χ4v) is 1.77. The van der Waals surface area contributed by atoms with Crippen LogP contribution in [0.5, 0.6) is 5.75 Å². The molecule has 0 atom stereocenters. The summed E-state index contributed by atoms with van der Waals surface area (Å²) in [5, 5.41) is 0. The van der Waals surface area contributed by atoms with Crippen molar-refractivity contribution >= 4 is 5.69 Å². The minimum Gasteiger partial charge on any atom is -0.495 e. The highest BCUT2D eigenvalue weighted by atomic mass is 19.4. The summed E-state index contributed by atoms with van der Waals surface area (Å²) in [6.45, 7) is 0. The second-order valence-corrected chi connectivity index (χ2v) is 4.03. The molecule has 2 aromatic rings. The summed E-state index contributed by atoms with van der Waals surface area (Å²) in [6, 6.07) is 10.0. The van der Waals surface area contributed by atoms with Crippen molar-refractivity contribution in [2.24, 2.45) is 0 Å². The first-order valence-electron chi connectivity index (χ1n) is 5.53. The van der Waals surface area contributed by atoms with Crippen molar-refractivity contribution in [3.63, 3.8) is 0 Å². The van der Waals surface area contributed by atoms with Gasteiger partial charge in [0.25, 0.3) is 0 Å². The third kappa shape index (κ3) is 2.81. The van der Waals surface area contributed by atoms with E-state index in [2.05, 4.69) is 0 Å². The van der Waals surface area contributed by atoms with Gasteiger partial charge in [0.1, 0.15) is 5.75 Å². The van der Waals surface area contributed by atoms with Crippen LogP contribution in [0.1, 0.15) is 5.56 Å². The topological polar surface area (TPSA) is 35.2 Å². The molecule has 19 heavy (non-hydrogen) atoms. The molecule has 0 aliphatic carbocycles. The van der Waals surface area contributed by atoms with Crippen molar-refractivity contribution in [1.82, 2.24) is 0 Å². The predicted octanol–water partition coefficient (Wildman–Crippen LogP) is 3.96. The van der Waals surface area contributed by atoms with Gasteiger partial charge in [0.15, 0.2) is 0 Å². The lowest BCUT2D eigenvalue weighted by molar-refractivity contribution is -0.137. The highest BCUT2D eigenvalue weighted by Gasteiger charge is 2.29. The molecule has 2 nitrogen and oxygen atoms in total. The normalized spacial score (nSPS) is 11.4. The van der Waals surface area contributed by atoms with Crippen LogP contribution in [0, 0.1) is 0 Å². The van der Waals surface area contributed by atoms with E-state index in [-0.39, 0.29) is 0 Å². The Kier molecular flexibility index (Phi) is 3.38. The third-order valence-corrected chi connectivity index (χ3v) is 2.78. The second kappa shape index (κ2) is 4.84. The Labute approximate surface area is 108 Å². The lowest BCUT2D eigenvalue weighted by atomic mass is 10.0. The molecule has 0 amide bonds. The van der Waals surface area contributed by atoms with E-state index in [9.17, 15) is 13.2 Å². The summed E-state index contributed by atoms with van der Waals surface area (Å²) >= 11 is 0. The Balaban J connectivity index is 2.35. The van der Waals surface area contributed by atoms with Crippen molar-refractivity contribution in [2.45, 2.75) is 6.18 Å². The van der Waals surface area contributed by atoms with Crippen LogP contribution in [0.15, 0.2) is 42.5 Å². The summed E-state index contributed by atoms with van der Waals surface area (Å²) in [6.07, 6.45) is -4.32. The average Bonchev–Trinajstić information content (AvgIpc) is 2.38. The van der Waals surface area contributed by atoms with Crippen LogP contribution in [-0.4, -0.2) is 7.11 Å². The van der Waals surface area contributed by atoms with Gasteiger partial charge >= 0.3 is 6.18 Å². The third-order valence-electron chi connectivity index (χ3n) is 2.78. The lowest BCUT2D eigenvalue weighted by Gasteiger charge is -2.09. The molecule has 0 aliphatic heterocycles. The lowest BCUT2D eigenvalue weighted by Crippen LogP contribution is -2.04. The van der Waals surface area contributed by atoms with Crippen LogP contribution in [0.25, 0.3) is 11.1 Å². The molecule has 0 heterocycles. The molecule has 2 rings (SSSR count). The number of benzene rings is 2. The van der Waals surface area contributed by atoms with Gasteiger partial charge in [-0.05, 0) is 35.4 Å². The fraction of sp³-hybridized carbons (Fsp3) is 0.143.